The molecule has 4 nitrogen and oxygen atoms in total. The van der Waals surface area contributed by atoms with E-state index in [4.69, 9.17) is 0 Å². The Kier molecular flexibility index (Phi) is 8.21. The number of aryl methyl sites for hydroxylation is 1. The minimum Gasteiger partial charge on any atom is -0.267 e. The summed E-state index contributed by atoms with van der Waals surface area (Å²) in [6.07, 6.45) is 5.20. The zero-order valence-corrected chi connectivity index (χ0v) is 16.1. The van der Waals surface area contributed by atoms with Gasteiger partial charge in [-0.25, -0.2) is 5.01 Å². The van der Waals surface area contributed by atoms with Gasteiger partial charge in [-0.2, -0.15) is 0 Å². The third-order valence-corrected chi connectivity index (χ3v) is 3.71. The first kappa shape index (κ1) is 20.8. The molecule has 0 aromatic heterocycles. The molecule has 0 heterocycles. The van der Waals surface area contributed by atoms with Gasteiger partial charge in [-0.1, -0.05) is 49.8 Å². The molecule has 25 heavy (non-hydrogen) atoms. The van der Waals surface area contributed by atoms with Gasteiger partial charge < -0.3 is 0 Å². The third kappa shape index (κ3) is 7.43. The molecule has 0 bridgehead atoms. The molecular weight excluding hydrogens is 312 g/mol. The Hall–Kier alpha value is -2.28. The van der Waals surface area contributed by atoms with Crippen LogP contribution in [0.3, 0.4) is 0 Å². The lowest BCUT2D eigenvalue weighted by molar-refractivity contribution is -0.121. The summed E-state index contributed by atoms with van der Waals surface area (Å²) in [6, 6.07) is 7.33. The number of hydrogen-bond acceptors (Lipinski definition) is 2. The maximum Gasteiger partial charge on any atom is 0.314 e. The number of nitrogens with zero attached hydrogens (tertiary/aromatic N) is 1. The van der Waals surface area contributed by atoms with Crippen LogP contribution >= 0.6 is 0 Å². The first-order chi connectivity index (χ1) is 11.8. The Balaban J connectivity index is 2.76. The summed E-state index contributed by atoms with van der Waals surface area (Å²) in [7, 11) is 0. The highest BCUT2D eigenvalue weighted by molar-refractivity contribution is 5.99. The van der Waals surface area contributed by atoms with Crippen LogP contribution in [-0.2, 0) is 4.79 Å². The molecule has 0 saturated carbocycles. The molecule has 4 heteroatoms. The quantitative estimate of drug-likeness (QED) is 0.494. The number of carbonyl (C=O) groups is 2. The van der Waals surface area contributed by atoms with E-state index in [0.29, 0.717) is 12.0 Å². The second-order valence-corrected chi connectivity index (χ2v) is 7.23. The molecule has 1 aromatic carbocycles. The Bertz CT molecular complexity index is 648. The minimum atomic E-state index is -0.556. The molecule has 2 amide bonds. The molecule has 0 atom stereocenters. The zero-order valence-electron chi connectivity index (χ0n) is 16.1. The molecule has 0 saturated heterocycles. The van der Waals surface area contributed by atoms with E-state index in [-0.39, 0.29) is 5.91 Å². The summed E-state index contributed by atoms with van der Waals surface area (Å²) < 4.78 is 0. The van der Waals surface area contributed by atoms with Crippen molar-refractivity contribution in [3.05, 3.63) is 35.4 Å². The highest BCUT2D eigenvalue weighted by Gasteiger charge is 2.29. The molecule has 0 aliphatic rings. The lowest BCUT2D eigenvalue weighted by atomic mass is 10.1. The number of amides is 2. The predicted molar refractivity (Wildman–Crippen MR) is 102 cm³/mol. The normalized spacial score (nSPS) is 10.6. The SMILES string of the molecule is CCCCCCC#CC(=O)NN(C(=O)c1cccc(C)c1)C(C)(C)C. The van der Waals surface area contributed by atoms with Gasteiger partial charge in [0.1, 0.15) is 0 Å². The lowest BCUT2D eigenvalue weighted by Gasteiger charge is -2.34. The molecule has 0 radical (unpaired) electrons. The Labute approximate surface area is 152 Å². The average Bonchev–Trinajstić information content (AvgIpc) is 2.54. The van der Waals surface area contributed by atoms with Crippen LogP contribution in [0.15, 0.2) is 24.3 Å². The van der Waals surface area contributed by atoms with E-state index in [9.17, 15) is 9.59 Å². The molecule has 1 N–H and O–H groups in total. The van der Waals surface area contributed by atoms with Crippen molar-refractivity contribution in [3.8, 4) is 11.8 Å². The van der Waals surface area contributed by atoms with Gasteiger partial charge in [-0.05, 0) is 52.2 Å². The Morgan fingerprint density at radius 1 is 1.16 bits per heavy atom. The van der Waals surface area contributed by atoms with E-state index in [2.05, 4.69) is 24.2 Å². The van der Waals surface area contributed by atoms with E-state index < -0.39 is 11.4 Å². The number of unbranched alkanes of at least 4 members (excludes halogenated alkanes) is 4. The maximum atomic E-state index is 12.8. The van der Waals surface area contributed by atoms with E-state index >= 15 is 0 Å². The van der Waals surface area contributed by atoms with Gasteiger partial charge in [0.25, 0.3) is 5.91 Å². The van der Waals surface area contributed by atoms with Crippen molar-refractivity contribution in [3.63, 3.8) is 0 Å². The van der Waals surface area contributed by atoms with Gasteiger partial charge in [0, 0.05) is 12.0 Å². The fraction of sp³-hybridized carbons (Fsp3) is 0.524. The van der Waals surface area contributed by atoms with Crippen LogP contribution in [0.1, 0.15) is 75.7 Å². The highest BCUT2D eigenvalue weighted by atomic mass is 16.2. The fourth-order valence-corrected chi connectivity index (χ4v) is 2.34. The molecule has 0 aliphatic heterocycles. The van der Waals surface area contributed by atoms with Crippen LogP contribution in [0, 0.1) is 18.8 Å². The number of benzene rings is 1. The van der Waals surface area contributed by atoms with Crippen LogP contribution < -0.4 is 5.43 Å². The second-order valence-electron chi connectivity index (χ2n) is 7.23. The molecule has 1 rings (SSSR count). The first-order valence-electron chi connectivity index (χ1n) is 8.96. The smallest absolute Gasteiger partial charge is 0.267 e. The molecule has 0 aliphatic carbocycles. The summed E-state index contributed by atoms with van der Waals surface area (Å²) in [5.41, 5.74) is 3.63. The molecule has 136 valence electrons. The van der Waals surface area contributed by atoms with Crippen molar-refractivity contribution < 1.29 is 9.59 Å². The maximum absolute atomic E-state index is 12.8. The van der Waals surface area contributed by atoms with Crippen molar-refractivity contribution >= 4 is 11.8 Å². The zero-order chi connectivity index (χ0) is 18.9. The first-order valence-corrected chi connectivity index (χ1v) is 8.96. The molecular formula is C21H30N2O2. The van der Waals surface area contributed by atoms with Crippen molar-refractivity contribution in [1.29, 1.82) is 0 Å². The Morgan fingerprint density at radius 3 is 2.48 bits per heavy atom. The summed E-state index contributed by atoms with van der Waals surface area (Å²) in [5, 5.41) is 1.36. The lowest BCUT2D eigenvalue weighted by Crippen LogP contribution is -2.55. The largest absolute Gasteiger partial charge is 0.314 e. The van der Waals surface area contributed by atoms with E-state index in [0.717, 1.165) is 18.4 Å². The number of carbonyl (C=O) groups excluding carboxylic acids is 2. The monoisotopic (exact) mass is 342 g/mol. The van der Waals surface area contributed by atoms with E-state index in [1.54, 1.807) is 6.07 Å². The summed E-state index contributed by atoms with van der Waals surface area (Å²) >= 11 is 0. The topological polar surface area (TPSA) is 49.4 Å². The van der Waals surface area contributed by atoms with Crippen LogP contribution in [0.25, 0.3) is 0 Å². The number of hydrazine groups is 1. The van der Waals surface area contributed by atoms with Crippen LogP contribution in [0.2, 0.25) is 0 Å². The van der Waals surface area contributed by atoms with E-state index in [1.165, 1.54) is 17.9 Å². The van der Waals surface area contributed by atoms with E-state index in [1.807, 2.05) is 45.9 Å². The average molecular weight is 342 g/mol. The van der Waals surface area contributed by atoms with Gasteiger partial charge in [0.15, 0.2) is 0 Å². The third-order valence-electron chi connectivity index (χ3n) is 3.71. The van der Waals surface area contributed by atoms with Crippen LogP contribution in [0.4, 0.5) is 0 Å². The molecule has 1 aromatic rings. The molecule has 0 unspecified atom stereocenters. The number of hydrogen-bond donors (Lipinski definition) is 1. The van der Waals surface area contributed by atoms with Gasteiger partial charge in [0.05, 0.1) is 5.54 Å². The van der Waals surface area contributed by atoms with Crippen LogP contribution in [-0.4, -0.2) is 22.4 Å². The van der Waals surface area contributed by atoms with Crippen molar-refractivity contribution in [1.82, 2.24) is 10.4 Å². The highest BCUT2D eigenvalue weighted by Crippen LogP contribution is 2.15. The van der Waals surface area contributed by atoms with Gasteiger partial charge in [-0.15, -0.1) is 0 Å². The molecule has 0 fully saturated rings. The van der Waals surface area contributed by atoms with Crippen molar-refractivity contribution in [2.75, 3.05) is 0 Å². The Morgan fingerprint density at radius 2 is 1.88 bits per heavy atom. The standard InChI is InChI=1S/C21H30N2O2/c1-6-7-8-9-10-11-15-19(24)22-23(21(3,4)5)20(25)18-14-12-13-17(2)16-18/h12-14,16H,6-10H2,1-5H3,(H,22,24). The van der Waals surface area contributed by atoms with Gasteiger partial charge in [0.2, 0.25) is 0 Å². The van der Waals surface area contributed by atoms with Gasteiger partial charge in [-0.3, -0.25) is 15.0 Å². The van der Waals surface area contributed by atoms with Gasteiger partial charge >= 0.3 is 5.91 Å². The minimum absolute atomic E-state index is 0.241. The second kappa shape index (κ2) is 9.88. The number of nitrogens with one attached hydrogen (secondary N) is 1. The van der Waals surface area contributed by atoms with Crippen LogP contribution in [0.5, 0.6) is 0 Å². The van der Waals surface area contributed by atoms with Crippen molar-refractivity contribution in [2.24, 2.45) is 0 Å². The predicted octanol–water partition coefficient (Wildman–Crippen LogP) is 4.24. The summed E-state index contributed by atoms with van der Waals surface area (Å²) in [6.45, 7) is 9.71. The molecule has 0 spiro atoms. The van der Waals surface area contributed by atoms with Crippen molar-refractivity contribution in [2.45, 2.75) is 72.3 Å². The fourth-order valence-electron chi connectivity index (χ4n) is 2.34. The summed E-state index contributed by atoms with van der Waals surface area (Å²) in [4.78, 5) is 24.9. The number of rotatable bonds is 5. The summed E-state index contributed by atoms with van der Waals surface area (Å²) in [5.74, 6) is 4.78.